The monoisotopic (exact) mass is 366 g/mol. The summed E-state index contributed by atoms with van der Waals surface area (Å²) in [6.45, 7) is 4.40. The van der Waals surface area contributed by atoms with Gasteiger partial charge in [-0.3, -0.25) is 14.6 Å². The maximum atomic E-state index is 13.4. The third-order valence-electron chi connectivity index (χ3n) is 6.23. The summed E-state index contributed by atoms with van der Waals surface area (Å²) in [7, 11) is 0. The van der Waals surface area contributed by atoms with Gasteiger partial charge in [-0.2, -0.15) is 0 Å². The highest BCUT2D eigenvalue weighted by molar-refractivity contribution is 5.77. The van der Waals surface area contributed by atoms with Crippen molar-refractivity contribution in [3.05, 3.63) is 35.4 Å². The fourth-order valence-corrected chi connectivity index (χ4v) is 4.86. The van der Waals surface area contributed by atoms with Gasteiger partial charge in [0.25, 0.3) is 0 Å². The largest absolute Gasteiger partial charge is 0.481 e. The van der Waals surface area contributed by atoms with Gasteiger partial charge in [0.1, 0.15) is 0 Å². The van der Waals surface area contributed by atoms with Crippen molar-refractivity contribution >= 4 is 5.97 Å². The van der Waals surface area contributed by atoms with Crippen LogP contribution in [0, 0.1) is 23.0 Å². The predicted octanol–water partition coefficient (Wildman–Crippen LogP) is 1.96. The van der Waals surface area contributed by atoms with E-state index in [-0.39, 0.29) is 5.92 Å². The first-order chi connectivity index (χ1) is 12.5. The second kappa shape index (κ2) is 6.87. The lowest BCUT2D eigenvalue weighted by Gasteiger charge is -2.33. The number of hydrogen-bond acceptors (Lipinski definition) is 4. The number of halogens is 2. The summed E-state index contributed by atoms with van der Waals surface area (Å²) >= 11 is 0. The average Bonchev–Trinajstić information content (AvgIpc) is 3.14. The SMILES string of the molecule is O=C(O)[C@]12CN(Cc3ccc(F)c(F)c3)C[C@H]1CN(C1CCOCC1)C2. The van der Waals surface area contributed by atoms with Gasteiger partial charge in [-0.25, -0.2) is 8.78 Å². The van der Waals surface area contributed by atoms with Crippen LogP contribution in [0.25, 0.3) is 0 Å². The Kier molecular flexibility index (Phi) is 4.71. The topological polar surface area (TPSA) is 53.0 Å². The molecule has 26 heavy (non-hydrogen) atoms. The van der Waals surface area contributed by atoms with E-state index >= 15 is 0 Å². The number of carboxylic acid groups (broad SMARTS) is 1. The molecule has 5 nitrogen and oxygen atoms in total. The van der Waals surface area contributed by atoms with Crippen LogP contribution in [0.15, 0.2) is 18.2 Å². The maximum absolute atomic E-state index is 13.4. The molecule has 3 saturated heterocycles. The van der Waals surface area contributed by atoms with Crippen LogP contribution in [0.2, 0.25) is 0 Å². The zero-order chi connectivity index (χ0) is 18.3. The molecule has 0 radical (unpaired) electrons. The van der Waals surface area contributed by atoms with Crippen molar-refractivity contribution in [2.75, 3.05) is 39.4 Å². The maximum Gasteiger partial charge on any atom is 0.312 e. The Balaban J connectivity index is 1.46. The van der Waals surface area contributed by atoms with Crippen LogP contribution in [-0.2, 0) is 16.1 Å². The third kappa shape index (κ3) is 3.12. The molecule has 3 aliphatic rings. The molecule has 1 aromatic carbocycles. The number of carboxylic acids is 1. The average molecular weight is 366 g/mol. The molecule has 1 N–H and O–H groups in total. The van der Waals surface area contributed by atoms with Crippen LogP contribution < -0.4 is 0 Å². The molecule has 3 aliphatic heterocycles. The third-order valence-corrected chi connectivity index (χ3v) is 6.23. The summed E-state index contributed by atoms with van der Waals surface area (Å²) < 4.78 is 32.0. The zero-order valence-electron chi connectivity index (χ0n) is 14.7. The quantitative estimate of drug-likeness (QED) is 0.883. The number of carbonyl (C=O) groups is 1. The Hall–Kier alpha value is -1.57. The first kappa shape index (κ1) is 17.8. The molecule has 0 amide bonds. The van der Waals surface area contributed by atoms with Crippen LogP contribution in [0.1, 0.15) is 18.4 Å². The Morgan fingerprint density at radius 2 is 1.96 bits per heavy atom. The lowest BCUT2D eigenvalue weighted by molar-refractivity contribution is -0.149. The van der Waals surface area contributed by atoms with Gasteiger partial charge in [0.05, 0.1) is 5.41 Å². The van der Waals surface area contributed by atoms with E-state index in [9.17, 15) is 18.7 Å². The summed E-state index contributed by atoms with van der Waals surface area (Å²) in [5.74, 6) is -2.40. The highest BCUT2D eigenvalue weighted by Gasteiger charge is 2.58. The molecular formula is C19H24F2N2O3. The van der Waals surface area contributed by atoms with Crippen LogP contribution in [0.5, 0.6) is 0 Å². The van der Waals surface area contributed by atoms with Crippen LogP contribution in [0.3, 0.4) is 0 Å². The van der Waals surface area contributed by atoms with Gasteiger partial charge in [0.2, 0.25) is 0 Å². The molecule has 1 aromatic rings. The van der Waals surface area contributed by atoms with E-state index < -0.39 is 23.0 Å². The molecule has 0 aromatic heterocycles. The fourth-order valence-electron chi connectivity index (χ4n) is 4.86. The van der Waals surface area contributed by atoms with Crippen molar-refractivity contribution in [2.24, 2.45) is 11.3 Å². The number of fused-ring (bicyclic) bond motifs is 1. The number of ether oxygens (including phenoxy) is 1. The summed E-state index contributed by atoms with van der Waals surface area (Å²) in [6.07, 6.45) is 1.92. The first-order valence-electron chi connectivity index (χ1n) is 9.19. The number of nitrogens with zero attached hydrogens (tertiary/aromatic N) is 2. The molecule has 142 valence electrons. The summed E-state index contributed by atoms with van der Waals surface area (Å²) in [4.78, 5) is 16.5. The minimum Gasteiger partial charge on any atom is -0.481 e. The molecule has 3 heterocycles. The van der Waals surface area contributed by atoms with Gasteiger partial charge < -0.3 is 9.84 Å². The number of likely N-dealkylation sites (tertiary alicyclic amines) is 2. The molecule has 0 unspecified atom stereocenters. The molecular weight excluding hydrogens is 342 g/mol. The van der Waals surface area contributed by atoms with Crippen molar-refractivity contribution in [1.29, 1.82) is 0 Å². The summed E-state index contributed by atoms with van der Waals surface area (Å²) in [5.41, 5.74) is -0.0950. The van der Waals surface area contributed by atoms with Gasteiger partial charge in [0.15, 0.2) is 11.6 Å². The Labute approximate surface area is 151 Å². The van der Waals surface area contributed by atoms with E-state index in [2.05, 4.69) is 9.80 Å². The highest BCUT2D eigenvalue weighted by Crippen LogP contribution is 2.44. The lowest BCUT2D eigenvalue weighted by atomic mass is 9.81. The fraction of sp³-hybridized carbons (Fsp3) is 0.632. The van der Waals surface area contributed by atoms with Gasteiger partial charge in [-0.15, -0.1) is 0 Å². The van der Waals surface area contributed by atoms with Crippen molar-refractivity contribution < 1.29 is 23.4 Å². The van der Waals surface area contributed by atoms with Gasteiger partial charge in [0, 0.05) is 57.9 Å². The van der Waals surface area contributed by atoms with Crippen molar-refractivity contribution in [1.82, 2.24) is 9.80 Å². The summed E-state index contributed by atoms with van der Waals surface area (Å²) in [6, 6.07) is 4.30. The Morgan fingerprint density at radius 1 is 1.19 bits per heavy atom. The van der Waals surface area contributed by atoms with Gasteiger partial charge >= 0.3 is 5.97 Å². The molecule has 0 bridgehead atoms. The van der Waals surface area contributed by atoms with E-state index in [0.717, 1.165) is 38.7 Å². The Bertz CT molecular complexity index is 695. The van der Waals surface area contributed by atoms with Crippen LogP contribution >= 0.6 is 0 Å². The van der Waals surface area contributed by atoms with Crippen molar-refractivity contribution in [3.63, 3.8) is 0 Å². The van der Waals surface area contributed by atoms with E-state index in [1.165, 1.54) is 6.07 Å². The van der Waals surface area contributed by atoms with E-state index in [4.69, 9.17) is 4.74 Å². The van der Waals surface area contributed by atoms with E-state index in [1.807, 2.05) is 0 Å². The zero-order valence-corrected chi connectivity index (χ0v) is 14.7. The normalized spacial score (nSPS) is 30.6. The Morgan fingerprint density at radius 3 is 2.62 bits per heavy atom. The molecule has 7 heteroatoms. The van der Waals surface area contributed by atoms with Gasteiger partial charge in [-0.1, -0.05) is 6.07 Å². The summed E-state index contributed by atoms with van der Waals surface area (Å²) in [5, 5.41) is 9.97. The number of hydrogen-bond donors (Lipinski definition) is 1. The number of rotatable bonds is 4. The van der Waals surface area contributed by atoms with Crippen molar-refractivity contribution in [3.8, 4) is 0 Å². The predicted molar refractivity (Wildman–Crippen MR) is 90.6 cm³/mol. The van der Waals surface area contributed by atoms with Gasteiger partial charge in [-0.05, 0) is 30.5 Å². The van der Waals surface area contributed by atoms with E-state index in [0.29, 0.717) is 37.8 Å². The lowest BCUT2D eigenvalue weighted by Crippen LogP contribution is -2.44. The standard InChI is InChI=1S/C19H24F2N2O3/c20-16-2-1-13(7-17(16)21)8-22-9-14-10-23(15-3-5-26-6-4-15)12-19(14,11-22)18(24)25/h1-2,7,14-15H,3-6,8-12H2,(H,24,25)/t14-,19-/m0/s1. The van der Waals surface area contributed by atoms with E-state index in [1.54, 1.807) is 6.07 Å². The second-order valence-corrected chi connectivity index (χ2v) is 7.85. The van der Waals surface area contributed by atoms with Crippen LogP contribution in [-0.4, -0.2) is 66.3 Å². The molecule has 2 atom stereocenters. The minimum absolute atomic E-state index is 0.0631. The molecule has 4 rings (SSSR count). The molecule has 0 saturated carbocycles. The first-order valence-corrected chi connectivity index (χ1v) is 9.19. The molecule has 0 aliphatic carbocycles. The smallest absolute Gasteiger partial charge is 0.312 e. The van der Waals surface area contributed by atoms with Crippen LogP contribution in [0.4, 0.5) is 8.78 Å². The molecule has 3 fully saturated rings. The molecule has 0 spiro atoms. The van der Waals surface area contributed by atoms with Crippen molar-refractivity contribution in [2.45, 2.75) is 25.4 Å². The second-order valence-electron chi connectivity index (χ2n) is 7.85. The highest BCUT2D eigenvalue weighted by atomic mass is 19.2. The minimum atomic E-state index is -0.861. The number of aliphatic carboxylic acids is 1. The number of benzene rings is 1.